The maximum atomic E-state index is 11.9. The van der Waals surface area contributed by atoms with Gasteiger partial charge in [0.25, 0.3) is 0 Å². The van der Waals surface area contributed by atoms with Gasteiger partial charge in [0.05, 0.1) is 0 Å². The molecule has 0 fully saturated rings. The zero-order chi connectivity index (χ0) is 15.8. The molecule has 0 saturated heterocycles. The Morgan fingerprint density at radius 2 is 1.86 bits per heavy atom. The van der Waals surface area contributed by atoms with Crippen LogP contribution in [0.5, 0.6) is 0 Å². The molecule has 1 aromatic heterocycles. The van der Waals surface area contributed by atoms with Crippen LogP contribution in [0.4, 0.5) is 10.6 Å². The Morgan fingerprint density at radius 3 is 2.55 bits per heavy atom. The van der Waals surface area contributed by atoms with Crippen LogP contribution < -0.4 is 10.6 Å². The summed E-state index contributed by atoms with van der Waals surface area (Å²) in [4.78, 5) is 27.5. The zero-order valence-corrected chi connectivity index (χ0v) is 12.2. The van der Waals surface area contributed by atoms with Crippen LogP contribution in [0.15, 0.2) is 54.7 Å². The summed E-state index contributed by atoms with van der Waals surface area (Å²) in [6.45, 7) is 1.73. The largest absolute Gasteiger partial charge is 0.445 e. The molecule has 2 rings (SSSR count). The predicted molar refractivity (Wildman–Crippen MR) is 82.1 cm³/mol. The van der Waals surface area contributed by atoms with E-state index in [4.69, 9.17) is 4.74 Å². The molecule has 0 aliphatic carbocycles. The van der Waals surface area contributed by atoms with Crippen molar-refractivity contribution in [3.05, 3.63) is 60.3 Å². The van der Waals surface area contributed by atoms with Crippen LogP contribution in [0.25, 0.3) is 0 Å². The molecular formula is C16H17N3O3. The van der Waals surface area contributed by atoms with Crippen molar-refractivity contribution in [3.63, 3.8) is 0 Å². The lowest BCUT2D eigenvalue weighted by atomic mass is 10.2. The molecule has 1 heterocycles. The molecule has 2 aromatic rings. The number of carbonyl (C=O) groups excluding carboxylic acids is 2. The summed E-state index contributed by atoms with van der Waals surface area (Å²) >= 11 is 0. The van der Waals surface area contributed by atoms with Crippen molar-refractivity contribution in [1.29, 1.82) is 0 Å². The van der Waals surface area contributed by atoms with Crippen LogP contribution in [-0.4, -0.2) is 23.0 Å². The predicted octanol–water partition coefficient (Wildman–Crippen LogP) is 2.33. The molecule has 0 unspecified atom stereocenters. The number of anilines is 1. The molecule has 0 saturated carbocycles. The van der Waals surface area contributed by atoms with Gasteiger partial charge in [0.2, 0.25) is 5.91 Å². The van der Waals surface area contributed by atoms with Gasteiger partial charge >= 0.3 is 6.09 Å². The van der Waals surface area contributed by atoms with Crippen LogP contribution in [0.1, 0.15) is 12.5 Å². The van der Waals surface area contributed by atoms with Crippen molar-refractivity contribution >= 4 is 17.8 Å². The highest BCUT2D eigenvalue weighted by atomic mass is 16.5. The summed E-state index contributed by atoms with van der Waals surface area (Å²) in [6.07, 6.45) is 0.925. The summed E-state index contributed by atoms with van der Waals surface area (Å²) < 4.78 is 5.05. The van der Waals surface area contributed by atoms with Crippen LogP contribution in [-0.2, 0) is 16.1 Å². The number of aromatic nitrogens is 1. The molecule has 22 heavy (non-hydrogen) atoms. The second-order valence-corrected chi connectivity index (χ2v) is 4.63. The molecule has 0 radical (unpaired) electrons. The lowest BCUT2D eigenvalue weighted by Crippen LogP contribution is -2.41. The Bertz CT molecular complexity index is 617. The first-order valence-electron chi connectivity index (χ1n) is 6.84. The first-order chi connectivity index (χ1) is 10.6. The molecule has 1 atom stereocenters. The Morgan fingerprint density at radius 1 is 1.14 bits per heavy atom. The van der Waals surface area contributed by atoms with E-state index in [0.29, 0.717) is 5.82 Å². The highest BCUT2D eigenvalue weighted by Crippen LogP contribution is 2.02. The number of ether oxygens (including phenoxy) is 1. The second-order valence-electron chi connectivity index (χ2n) is 4.63. The first kappa shape index (κ1) is 15.5. The normalized spacial score (nSPS) is 11.3. The fourth-order valence-electron chi connectivity index (χ4n) is 1.68. The third-order valence-corrected chi connectivity index (χ3v) is 2.86. The number of rotatable bonds is 5. The lowest BCUT2D eigenvalue weighted by Gasteiger charge is -2.13. The maximum absolute atomic E-state index is 11.9. The van der Waals surface area contributed by atoms with E-state index >= 15 is 0 Å². The van der Waals surface area contributed by atoms with Gasteiger partial charge in [-0.2, -0.15) is 0 Å². The van der Waals surface area contributed by atoms with E-state index in [1.54, 1.807) is 31.3 Å². The number of hydrogen-bond acceptors (Lipinski definition) is 4. The third-order valence-electron chi connectivity index (χ3n) is 2.86. The fraction of sp³-hybridized carbons (Fsp3) is 0.188. The standard InChI is InChI=1S/C16H17N3O3/c1-12(15(20)19-14-9-5-6-10-17-14)18-16(21)22-11-13-7-3-2-4-8-13/h2-10,12H,11H2,1H3,(H,18,21)(H,17,19,20)/t12-/m0/s1. The molecule has 2 N–H and O–H groups in total. The second kappa shape index (κ2) is 7.78. The SMILES string of the molecule is C[C@H](NC(=O)OCc1ccccc1)C(=O)Nc1ccccn1. The first-order valence-corrected chi connectivity index (χ1v) is 6.84. The van der Waals surface area contributed by atoms with Gasteiger partial charge in [-0.25, -0.2) is 9.78 Å². The van der Waals surface area contributed by atoms with Gasteiger partial charge in [0.1, 0.15) is 18.5 Å². The van der Waals surface area contributed by atoms with Gasteiger partial charge in [-0.05, 0) is 24.6 Å². The van der Waals surface area contributed by atoms with Gasteiger partial charge in [-0.3, -0.25) is 4.79 Å². The van der Waals surface area contributed by atoms with Gasteiger partial charge < -0.3 is 15.4 Å². The van der Waals surface area contributed by atoms with Crippen molar-refractivity contribution < 1.29 is 14.3 Å². The average molecular weight is 299 g/mol. The zero-order valence-electron chi connectivity index (χ0n) is 12.2. The van der Waals surface area contributed by atoms with Crippen molar-refractivity contribution in [2.45, 2.75) is 19.6 Å². The maximum Gasteiger partial charge on any atom is 0.408 e. The number of benzene rings is 1. The minimum Gasteiger partial charge on any atom is -0.445 e. The van der Waals surface area contributed by atoms with Crippen molar-refractivity contribution in [2.75, 3.05) is 5.32 Å². The molecule has 2 amide bonds. The van der Waals surface area contributed by atoms with E-state index < -0.39 is 12.1 Å². The van der Waals surface area contributed by atoms with Crippen LogP contribution in [0.2, 0.25) is 0 Å². The smallest absolute Gasteiger partial charge is 0.408 e. The lowest BCUT2D eigenvalue weighted by molar-refractivity contribution is -0.117. The highest BCUT2D eigenvalue weighted by molar-refractivity contribution is 5.95. The summed E-state index contributed by atoms with van der Waals surface area (Å²) in [5.74, 6) is 0.0640. The minimum absolute atomic E-state index is 0.154. The van der Waals surface area contributed by atoms with Crippen LogP contribution in [0.3, 0.4) is 0 Å². The third kappa shape index (κ3) is 4.90. The van der Waals surface area contributed by atoms with Crippen molar-refractivity contribution in [2.24, 2.45) is 0 Å². The number of hydrogen-bond donors (Lipinski definition) is 2. The molecule has 6 heteroatoms. The number of nitrogens with one attached hydrogen (secondary N) is 2. The van der Waals surface area contributed by atoms with E-state index in [1.807, 2.05) is 30.3 Å². The summed E-state index contributed by atoms with van der Waals surface area (Å²) in [5, 5.41) is 5.07. The van der Waals surface area contributed by atoms with E-state index in [9.17, 15) is 9.59 Å². The van der Waals surface area contributed by atoms with E-state index in [2.05, 4.69) is 15.6 Å². The molecule has 0 bridgehead atoms. The number of amides is 2. The summed E-state index contributed by atoms with van der Waals surface area (Å²) in [7, 11) is 0. The number of alkyl carbamates (subject to hydrolysis) is 1. The van der Waals surface area contributed by atoms with Crippen LogP contribution >= 0.6 is 0 Å². The molecule has 0 aliphatic rings. The number of nitrogens with zero attached hydrogens (tertiary/aromatic N) is 1. The van der Waals surface area contributed by atoms with E-state index in [0.717, 1.165) is 5.56 Å². The van der Waals surface area contributed by atoms with Gasteiger partial charge in [-0.15, -0.1) is 0 Å². The molecule has 114 valence electrons. The fourth-order valence-corrected chi connectivity index (χ4v) is 1.68. The number of pyridine rings is 1. The Balaban J connectivity index is 1.77. The molecular weight excluding hydrogens is 282 g/mol. The van der Waals surface area contributed by atoms with Gasteiger partial charge in [-0.1, -0.05) is 36.4 Å². The molecule has 6 nitrogen and oxygen atoms in total. The Hall–Kier alpha value is -2.89. The van der Waals surface area contributed by atoms with E-state index in [-0.39, 0.29) is 12.5 Å². The monoisotopic (exact) mass is 299 g/mol. The minimum atomic E-state index is -0.731. The Labute approximate surface area is 128 Å². The highest BCUT2D eigenvalue weighted by Gasteiger charge is 2.16. The van der Waals surface area contributed by atoms with Gasteiger partial charge in [0.15, 0.2) is 0 Å². The van der Waals surface area contributed by atoms with E-state index in [1.165, 1.54) is 0 Å². The van der Waals surface area contributed by atoms with Crippen molar-refractivity contribution in [3.8, 4) is 0 Å². The Kier molecular flexibility index (Phi) is 5.48. The van der Waals surface area contributed by atoms with Crippen LogP contribution in [0, 0.1) is 0 Å². The van der Waals surface area contributed by atoms with Crippen molar-refractivity contribution in [1.82, 2.24) is 10.3 Å². The molecule has 1 aromatic carbocycles. The molecule has 0 aliphatic heterocycles. The molecule has 0 spiro atoms. The number of carbonyl (C=O) groups is 2. The summed E-state index contributed by atoms with van der Waals surface area (Å²) in [6, 6.07) is 13.7. The quantitative estimate of drug-likeness (QED) is 0.888. The summed E-state index contributed by atoms with van der Waals surface area (Å²) in [5.41, 5.74) is 0.878. The topological polar surface area (TPSA) is 80.3 Å². The van der Waals surface area contributed by atoms with Gasteiger partial charge in [0, 0.05) is 6.20 Å². The average Bonchev–Trinajstić information content (AvgIpc) is 2.55.